The van der Waals surface area contributed by atoms with Crippen LogP contribution in [0.2, 0.25) is 0 Å². The average molecular weight is 329 g/mol. The molecule has 1 aromatic rings. The van der Waals surface area contributed by atoms with E-state index in [2.05, 4.69) is 0 Å². The van der Waals surface area contributed by atoms with Gasteiger partial charge in [0.25, 0.3) is 10.1 Å². The summed E-state index contributed by atoms with van der Waals surface area (Å²) >= 11 is 0. The first-order valence-electron chi connectivity index (χ1n) is 4.80. The van der Waals surface area contributed by atoms with E-state index in [4.69, 9.17) is 9.66 Å². The molecule has 12 heteroatoms. The van der Waals surface area contributed by atoms with E-state index >= 15 is 0 Å². The summed E-state index contributed by atoms with van der Waals surface area (Å²) in [5.74, 6) is -5.75. The van der Waals surface area contributed by atoms with E-state index in [0.717, 1.165) is 5.32 Å². The quantitative estimate of drug-likeness (QED) is 0.475. The molecule has 0 heterocycles. The molecule has 4 N–H and O–H groups in total. The number of anilines is 1. The van der Waals surface area contributed by atoms with Crippen LogP contribution in [0.25, 0.3) is 0 Å². The van der Waals surface area contributed by atoms with Crippen molar-refractivity contribution in [3.63, 3.8) is 0 Å². The first kappa shape index (κ1) is 16.7. The Balaban J connectivity index is 3.48. The van der Waals surface area contributed by atoms with E-state index in [-0.39, 0.29) is 6.07 Å². The normalized spacial score (nSPS) is 12.0. The third-order valence-corrected chi connectivity index (χ3v) is 2.95. The Bertz CT molecular complexity index is 711. The van der Waals surface area contributed by atoms with Crippen molar-refractivity contribution in [2.24, 2.45) is 0 Å². The number of carboxylic acid groups (broad SMARTS) is 1. The molecule has 0 saturated heterocycles. The van der Waals surface area contributed by atoms with Crippen LogP contribution in [0.15, 0.2) is 17.0 Å². The summed E-state index contributed by atoms with van der Waals surface area (Å²) in [7, 11) is -4.98. The van der Waals surface area contributed by atoms with Gasteiger partial charge in [0.1, 0.15) is 5.56 Å². The molecule has 0 aliphatic heterocycles. The predicted molar refractivity (Wildman–Crippen MR) is 59.6 cm³/mol. The Morgan fingerprint density at radius 3 is 2.10 bits per heavy atom. The van der Waals surface area contributed by atoms with Crippen molar-refractivity contribution in [1.82, 2.24) is 0 Å². The minimum Gasteiger partial charge on any atom is -0.505 e. The van der Waals surface area contributed by atoms with E-state index in [0.29, 0.717) is 6.07 Å². The molecule has 0 bridgehead atoms. The summed E-state index contributed by atoms with van der Waals surface area (Å²) in [5, 5.41) is 19.2. The van der Waals surface area contributed by atoms with Gasteiger partial charge in [-0.2, -0.15) is 21.6 Å². The van der Waals surface area contributed by atoms with Crippen LogP contribution >= 0.6 is 0 Å². The van der Waals surface area contributed by atoms with Gasteiger partial charge < -0.3 is 15.5 Å². The highest BCUT2D eigenvalue weighted by molar-refractivity contribution is 7.85. The number of phenols is 1. The zero-order chi connectivity index (χ0) is 16.6. The minimum absolute atomic E-state index is 0.279. The first-order valence-corrected chi connectivity index (χ1v) is 6.24. The number of alkyl halides is 3. The van der Waals surface area contributed by atoms with Crippen LogP contribution in [-0.4, -0.2) is 41.2 Å². The summed E-state index contributed by atoms with van der Waals surface area (Å²) < 4.78 is 66.8. The molecule has 0 aliphatic carbocycles. The monoisotopic (exact) mass is 329 g/mol. The minimum atomic E-state index is -5.36. The number of carboxylic acids is 1. The van der Waals surface area contributed by atoms with Crippen LogP contribution < -0.4 is 5.32 Å². The summed E-state index contributed by atoms with van der Waals surface area (Å²) in [4.78, 5) is 20.4. The van der Waals surface area contributed by atoms with Crippen molar-refractivity contribution < 1.29 is 45.9 Å². The summed E-state index contributed by atoms with van der Waals surface area (Å²) in [6.45, 7) is 0. The molecule has 1 rings (SSSR count). The zero-order valence-corrected chi connectivity index (χ0v) is 10.5. The highest BCUT2D eigenvalue weighted by Gasteiger charge is 2.39. The number of amides is 1. The van der Waals surface area contributed by atoms with Crippen molar-refractivity contribution in [2.45, 2.75) is 11.1 Å². The third kappa shape index (κ3) is 3.82. The van der Waals surface area contributed by atoms with Gasteiger partial charge in [0, 0.05) is 0 Å². The fraction of sp³-hybridized carbons (Fsp3) is 0.111. The molecule has 0 aromatic heterocycles. The molecule has 116 valence electrons. The molecule has 0 saturated carbocycles. The van der Waals surface area contributed by atoms with Crippen molar-refractivity contribution in [1.29, 1.82) is 0 Å². The van der Waals surface area contributed by atoms with Gasteiger partial charge >= 0.3 is 18.1 Å². The number of nitrogens with one attached hydrogen (secondary N) is 1. The van der Waals surface area contributed by atoms with Gasteiger partial charge in [-0.1, -0.05) is 0 Å². The second-order valence-corrected chi connectivity index (χ2v) is 5.02. The van der Waals surface area contributed by atoms with Gasteiger partial charge in [-0.25, -0.2) is 4.79 Å². The number of hydrogen-bond acceptors (Lipinski definition) is 5. The topological polar surface area (TPSA) is 141 Å². The maximum Gasteiger partial charge on any atom is 0.471 e. The lowest BCUT2D eigenvalue weighted by Crippen LogP contribution is -2.30. The molecule has 0 unspecified atom stereocenters. The summed E-state index contributed by atoms with van der Waals surface area (Å²) in [6.07, 6.45) is -5.36. The van der Waals surface area contributed by atoms with Crippen LogP contribution in [0.4, 0.5) is 18.9 Å². The van der Waals surface area contributed by atoms with Crippen LogP contribution in [0.1, 0.15) is 10.4 Å². The Hall–Kier alpha value is -2.34. The van der Waals surface area contributed by atoms with E-state index in [1.807, 2.05) is 0 Å². The number of carbonyl (C=O) groups is 2. The number of benzene rings is 1. The lowest BCUT2D eigenvalue weighted by molar-refractivity contribution is -0.167. The standard InChI is InChI=1S/C9H6F3NO7S/c10-9(11,12)8(17)13-5-2-3(21(18,19)20)1-4(6(5)14)7(15)16/h1-2,14H,(H,13,17)(H,15,16)(H,18,19,20). The largest absolute Gasteiger partial charge is 0.505 e. The SMILES string of the molecule is O=C(O)c1cc(S(=O)(=O)O)cc(NC(=O)C(F)(F)F)c1O. The molecular formula is C9H6F3NO7S. The van der Waals surface area contributed by atoms with E-state index in [1.54, 1.807) is 0 Å². The van der Waals surface area contributed by atoms with E-state index in [1.165, 1.54) is 0 Å². The van der Waals surface area contributed by atoms with Crippen LogP contribution in [0.3, 0.4) is 0 Å². The van der Waals surface area contributed by atoms with Crippen LogP contribution in [0, 0.1) is 0 Å². The molecule has 1 aromatic carbocycles. The van der Waals surface area contributed by atoms with Crippen molar-refractivity contribution >= 4 is 27.7 Å². The summed E-state index contributed by atoms with van der Waals surface area (Å²) in [6, 6.07) is 0.594. The number of rotatable bonds is 3. The fourth-order valence-electron chi connectivity index (χ4n) is 1.21. The van der Waals surface area contributed by atoms with Gasteiger partial charge in [-0.3, -0.25) is 9.35 Å². The van der Waals surface area contributed by atoms with Crippen LogP contribution in [-0.2, 0) is 14.9 Å². The van der Waals surface area contributed by atoms with Crippen molar-refractivity contribution in [3.8, 4) is 5.75 Å². The first-order chi connectivity index (χ1) is 9.34. The second-order valence-electron chi connectivity index (χ2n) is 3.60. The molecule has 0 spiro atoms. The van der Waals surface area contributed by atoms with Gasteiger partial charge in [-0.15, -0.1) is 0 Å². The molecule has 0 atom stereocenters. The van der Waals surface area contributed by atoms with Crippen LogP contribution in [0.5, 0.6) is 5.75 Å². The maximum atomic E-state index is 12.1. The average Bonchev–Trinajstić information content (AvgIpc) is 2.28. The Kier molecular flexibility index (Phi) is 4.15. The summed E-state index contributed by atoms with van der Waals surface area (Å²) in [5.41, 5.74) is -2.26. The molecule has 8 nitrogen and oxygen atoms in total. The van der Waals surface area contributed by atoms with Gasteiger partial charge in [0.2, 0.25) is 0 Å². The smallest absolute Gasteiger partial charge is 0.471 e. The number of aromatic hydroxyl groups is 1. The van der Waals surface area contributed by atoms with Crippen molar-refractivity contribution in [2.75, 3.05) is 5.32 Å². The number of aromatic carboxylic acids is 1. The Morgan fingerprint density at radius 1 is 1.19 bits per heavy atom. The molecule has 0 aliphatic rings. The van der Waals surface area contributed by atoms with Gasteiger partial charge in [0.05, 0.1) is 10.6 Å². The Labute approximate surface area is 114 Å². The highest BCUT2D eigenvalue weighted by atomic mass is 32.2. The van der Waals surface area contributed by atoms with E-state index < -0.39 is 50.1 Å². The Morgan fingerprint density at radius 2 is 1.71 bits per heavy atom. The third-order valence-electron chi connectivity index (χ3n) is 2.12. The highest BCUT2D eigenvalue weighted by Crippen LogP contribution is 2.32. The number of hydrogen-bond donors (Lipinski definition) is 4. The predicted octanol–water partition coefficient (Wildman–Crippen LogP) is 0.838. The number of halogens is 3. The zero-order valence-electron chi connectivity index (χ0n) is 9.67. The molecule has 21 heavy (non-hydrogen) atoms. The van der Waals surface area contributed by atoms with Crippen molar-refractivity contribution in [3.05, 3.63) is 17.7 Å². The molecule has 0 radical (unpaired) electrons. The van der Waals surface area contributed by atoms with Gasteiger partial charge in [-0.05, 0) is 12.1 Å². The number of carbonyl (C=O) groups excluding carboxylic acids is 1. The lowest BCUT2D eigenvalue weighted by atomic mass is 10.1. The second kappa shape index (κ2) is 5.21. The van der Waals surface area contributed by atoms with E-state index in [9.17, 15) is 36.3 Å². The molecular weight excluding hydrogens is 323 g/mol. The fourth-order valence-corrected chi connectivity index (χ4v) is 1.74. The van der Waals surface area contributed by atoms with Gasteiger partial charge in [0.15, 0.2) is 5.75 Å². The molecule has 0 fully saturated rings. The molecule has 1 amide bonds. The maximum absolute atomic E-state index is 12.1. The lowest BCUT2D eigenvalue weighted by Gasteiger charge is -2.12.